The lowest BCUT2D eigenvalue weighted by Gasteiger charge is -2.10. The van der Waals surface area contributed by atoms with E-state index in [0.29, 0.717) is 0 Å². The molecule has 0 bridgehead atoms. The average Bonchev–Trinajstić information content (AvgIpc) is 2.36. The third-order valence-corrected chi connectivity index (χ3v) is 3.70. The normalized spacial score (nSPS) is 10.7. The largest absolute Gasteiger partial charge is 0.0654 e. The van der Waals surface area contributed by atoms with Gasteiger partial charge in [-0.2, -0.15) is 0 Å². The molecule has 19 heavy (non-hydrogen) atoms. The van der Waals surface area contributed by atoms with Gasteiger partial charge in [-0.3, -0.25) is 0 Å². The molecule has 0 N–H and O–H groups in total. The minimum atomic E-state index is 1.20. The number of benzene rings is 2. The molecule has 0 nitrogen and oxygen atoms in total. The summed E-state index contributed by atoms with van der Waals surface area (Å²) in [7, 11) is 0. The van der Waals surface area contributed by atoms with Crippen molar-refractivity contribution < 1.29 is 0 Å². The van der Waals surface area contributed by atoms with Gasteiger partial charge in [0.1, 0.15) is 0 Å². The van der Waals surface area contributed by atoms with E-state index < -0.39 is 0 Å². The number of rotatable bonds is 4. The van der Waals surface area contributed by atoms with E-state index in [9.17, 15) is 0 Å². The van der Waals surface area contributed by atoms with E-state index >= 15 is 0 Å². The fourth-order valence-electron chi connectivity index (χ4n) is 2.66. The lowest BCUT2D eigenvalue weighted by molar-refractivity contribution is 0.791. The first-order chi connectivity index (χ1) is 9.10. The van der Waals surface area contributed by atoms with Crippen molar-refractivity contribution in [3.8, 4) is 11.1 Å². The maximum atomic E-state index is 2.33. The molecule has 0 aliphatic rings. The van der Waals surface area contributed by atoms with Crippen LogP contribution in [0.1, 0.15) is 42.0 Å². The fourth-order valence-corrected chi connectivity index (χ4v) is 2.66. The minimum Gasteiger partial charge on any atom is -0.0654 e. The van der Waals surface area contributed by atoms with Crippen LogP contribution in [0.25, 0.3) is 11.1 Å². The highest BCUT2D eigenvalue weighted by Crippen LogP contribution is 2.25. The van der Waals surface area contributed by atoms with E-state index in [1.807, 2.05) is 0 Å². The summed E-state index contributed by atoms with van der Waals surface area (Å²) < 4.78 is 0. The quantitative estimate of drug-likeness (QED) is 0.662. The van der Waals surface area contributed by atoms with Gasteiger partial charge in [0.2, 0.25) is 0 Å². The molecule has 0 aromatic heterocycles. The zero-order chi connectivity index (χ0) is 13.8. The Bertz CT molecular complexity index is 544. The number of hydrogen-bond acceptors (Lipinski definition) is 0. The molecule has 0 heterocycles. The molecule has 0 amide bonds. The van der Waals surface area contributed by atoms with Crippen molar-refractivity contribution in [1.82, 2.24) is 0 Å². The van der Waals surface area contributed by atoms with Crippen LogP contribution in [0.5, 0.6) is 0 Å². The molecule has 2 rings (SSSR count). The van der Waals surface area contributed by atoms with Crippen molar-refractivity contribution in [2.45, 2.75) is 47.0 Å². The van der Waals surface area contributed by atoms with Crippen LogP contribution in [-0.4, -0.2) is 0 Å². The highest BCUT2D eigenvalue weighted by atomic mass is 14.1. The van der Waals surface area contributed by atoms with Crippen molar-refractivity contribution in [3.05, 3.63) is 58.7 Å². The molecular formula is C19H24. The molecule has 0 saturated carbocycles. The van der Waals surface area contributed by atoms with E-state index in [-0.39, 0.29) is 0 Å². The zero-order valence-corrected chi connectivity index (χ0v) is 12.6. The highest BCUT2D eigenvalue weighted by Gasteiger charge is 2.03. The lowest BCUT2D eigenvalue weighted by Crippen LogP contribution is -1.91. The van der Waals surface area contributed by atoms with E-state index in [4.69, 9.17) is 0 Å². The van der Waals surface area contributed by atoms with Crippen LogP contribution in [-0.2, 0) is 6.42 Å². The predicted octanol–water partition coefficient (Wildman–Crippen LogP) is 5.62. The minimum absolute atomic E-state index is 1.20. The van der Waals surface area contributed by atoms with E-state index in [1.54, 1.807) is 0 Å². The van der Waals surface area contributed by atoms with Gasteiger partial charge in [-0.1, -0.05) is 60.9 Å². The van der Waals surface area contributed by atoms with Crippen molar-refractivity contribution in [2.75, 3.05) is 0 Å². The van der Waals surface area contributed by atoms with Crippen molar-refractivity contribution in [1.29, 1.82) is 0 Å². The van der Waals surface area contributed by atoms with Crippen LogP contribution in [0.2, 0.25) is 0 Å². The van der Waals surface area contributed by atoms with Gasteiger partial charge in [0.25, 0.3) is 0 Å². The molecule has 0 radical (unpaired) electrons. The Balaban J connectivity index is 2.33. The topological polar surface area (TPSA) is 0 Å². The van der Waals surface area contributed by atoms with E-state index in [2.05, 4.69) is 64.1 Å². The van der Waals surface area contributed by atoms with Gasteiger partial charge in [0, 0.05) is 0 Å². The third-order valence-electron chi connectivity index (χ3n) is 3.70. The van der Waals surface area contributed by atoms with Crippen LogP contribution < -0.4 is 0 Å². The Morgan fingerprint density at radius 3 is 2.05 bits per heavy atom. The van der Waals surface area contributed by atoms with E-state index in [1.165, 1.54) is 52.6 Å². The van der Waals surface area contributed by atoms with Gasteiger partial charge in [-0.15, -0.1) is 0 Å². The summed E-state index contributed by atoms with van der Waals surface area (Å²) in [6.07, 6.45) is 3.75. The summed E-state index contributed by atoms with van der Waals surface area (Å²) >= 11 is 0. The summed E-state index contributed by atoms with van der Waals surface area (Å²) in [5.74, 6) is 0. The molecule has 0 unspecified atom stereocenters. The van der Waals surface area contributed by atoms with Gasteiger partial charge in [0.05, 0.1) is 0 Å². The maximum absolute atomic E-state index is 2.33. The Hall–Kier alpha value is -1.56. The van der Waals surface area contributed by atoms with Crippen LogP contribution >= 0.6 is 0 Å². The molecule has 0 atom stereocenters. The second-order valence-corrected chi connectivity index (χ2v) is 5.62. The summed E-state index contributed by atoms with van der Waals surface area (Å²) in [6, 6.07) is 13.7. The summed E-state index contributed by atoms with van der Waals surface area (Å²) in [5.41, 5.74) is 8.26. The fraction of sp³-hybridized carbons (Fsp3) is 0.368. The Kier molecular flexibility index (Phi) is 4.42. The van der Waals surface area contributed by atoms with Crippen LogP contribution in [0.4, 0.5) is 0 Å². The van der Waals surface area contributed by atoms with Crippen molar-refractivity contribution >= 4 is 0 Å². The zero-order valence-electron chi connectivity index (χ0n) is 12.6. The van der Waals surface area contributed by atoms with Crippen molar-refractivity contribution in [3.63, 3.8) is 0 Å². The van der Waals surface area contributed by atoms with Crippen LogP contribution in [0.15, 0.2) is 36.4 Å². The molecule has 2 aromatic rings. The van der Waals surface area contributed by atoms with E-state index in [0.717, 1.165) is 0 Å². The second kappa shape index (κ2) is 6.06. The molecule has 0 saturated heterocycles. The number of hydrogen-bond donors (Lipinski definition) is 0. The molecule has 0 aliphatic carbocycles. The van der Waals surface area contributed by atoms with Gasteiger partial charge in [0.15, 0.2) is 0 Å². The molecule has 0 aliphatic heterocycles. The first kappa shape index (κ1) is 13.9. The molecule has 0 fully saturated rings. The molecule has 100 valence electrons. The summed E-state index contributed by atoms with van der Waals surface area (Å²) in [5, 5.41) is 0. The Morgan fingerprint density at radius 2 is 1.47 bits per heavy atom. The average molecular weight is 252 g/mol. The summed E-state index contributed by atoms with van der Waals surface area (Å²) in [6.45, 7) is 8.81. The van der Waals surface area contributed by atoms with Gasteiger partial charge in [-0.05, 0) is 55.9 Å². The third kappa shape index (κ3) is 3.47. The first-order valence-electron chi connectivity index (χ1n) is 7.28. The summed E-state index contributed by atoms with van der Waals surface area (Å²) in [4.78, 5) is 0. The van der Waals surface area contributed by atoms with Crippen LogP contribution in [0, 0.1) is 20.8 Å². The van der Waals surface area contributed by atoms with Crippen LogP contribution in [0.3, 0.4) is 0 Å². The number of aryl methyl sites for hydroxylation is 4. The molecule has 2 aromatic carbocycles. The molecule has 0 heteroatoms. The maximum Gasteiger partial charge on any atom is -0.0179 e. The second-order valence-electron chi connectivity index (χ2n) is 5.62. The number of unbranched alkanes of at least 4 members (excludes halogenated alkanes) is 1. The Morgan fingerprint density at radius 1 is 0.789 bits per heavy atom. The Labute approximate surface area is 117 Å². The molecular weight excluding hydrogens is 228 g/mol. The SMILES string of the molecule is CCCCc1ccc(-c2cc(C)cc(C)c2)cc1C. The highest BCUT2D eigenvalue weighted by molar-refractivity contribution is 5.66. The van der Waals surface area contributed by atoms with Gasteiger partial charge < -0.3 is 0 Å². The monoisotopic (exact) mass is 252 g/mol. The van der Waals surface area contributed by atoms with Gasteiger partial charge >= 0.3 is 0 Å². The molecule has 0 spiro atoms. The van der Waals surface area contributed by atoms with Crippen molar-refractivity contribution in [2.24, 2.45) is 0 Å². The standard InChI is InChI=1S/C19H24/c1-5-6-7-17-8-9-18(13-16(17)4)19-11-14(2)10-15(3)12-19/h8-13H,5-7H2,1-4H3. The van der Waals surface area contributed by atoms with Gasteiger partial charge in [-0.25, -0.2) is 0 Å². The first-order valence-corrected chi connectivity index (χ1v) is 7.28. The predicted molar refractivity (Wildman–Crippen MR) is 84.7 cm³/mol. The lowest BCUT2D eigenvalue weighted by atomic mass is 9.95. The smallest absolute Gasteiger partial charge is 0.0179 e.